The van der Waals surface area contributed by atoms with Crippen LogP contribution in [0.15, 0.2) is 18.2 Å². The first-order chi connectivity index (χ1) is 8.04. The molecule has 0 bridgehead atoms. The number of nitrogens with two attached hydrogens (primary N) is 1. The predicted molar refractivity (Wildman–Crippen MR) is 68.9 cm³/mol. The van der Waals surface area contributed by atoms with Crippen LogP contribution in [0.25, 0.3) is 0 Å². The van der Waals surface area contributed by atoms with Crippen molar-refractivity contribution in [3.63, 3.8) is 0 Å². The van der Waals surface area contributed by atoms with Gasteiger partial charge in [-0.15, -0.1) is 0 Å². The zero-order chi connectivity index (χ0) is 12.8. The maximum Gasteiger partial charge on any atom is 0.165 e. The van der Waals surface area contributed by atoms with E-state index in [2.05, 4.69) is 0 Å². The van der Waals surface area contributed by atoms with E-state index in [0.29, 0.717) is 18.6 Å². The summed E-state index contributed by atoms with van der Waals surface area (Å²) in [6.45, 7) is 2.44. The number of methoxy groups -OCH3 is 1. The van der Waals surface area contributed by atoms with E-state index in [1.165, 1.54) is 12.1 Å². The van der Waals surface area contributed by atoms with Crippen LogP contribution in [0.2, 0.25) is 0 Å². The molecule has 1 unspecified atom stereocenters. The molecule has 3 nitrogen and oxygen atoms in total. The van der Waals surface area contributed by atoms with E-state index in [-0.39, 0.29) is 16.8 Å². The molecule has 1 rings (SSSR count). The van der Waals surface area contributed by atoms with Crippen molar-refractivity contribution >= 4 is 17.2 Å². The van der Waals surface area contributed by atoms with E-state index in [4.69, 9.17) is 27.4 Å². The number of thiocarbonyl (C=S) groups is 1. The molecule has 0 aliphatic carbocycles. The summed E-state index contributed by atoms with van der Waals surface area (Å²) < 4.78 is 24.0. The molecule has 0 saturated carbocycles. The predicted octanol–water partition coefficient (Wildman–Crippen LogP) is 2.26. The van der Waals surface area contributed by atoms with Crippen LogP contribution in [-0.2, 0) is 4.74 Å². The highest BCUT2D eigenvalue weighted by Crippen LogP contribution is 2.20. The van der Waals surface area contributed by atoms with Crippen LogP contribution in [0.3, 0.4) is 0 Å². The highest BCUT2D eigenvalue weighted by Gasteiger charge is 2.10. The van der Waals surface area contributed by atoms with Crippen molar-refractivity contribution in [2.24, 2.45) is 5.73 Å². The molecule has 0 aromatic heterocycles. The molecular formula is C12H16FNO2S. The van der Waals surface area contributed by atoms with E-state index in [0.717, 1.165) is 0 Å². The van der Waals surface area contributed by atoms with Gasteiger partial charge in [0.25, 0.3) is 0 Å². The molecule has 17 heavy (non-hydrogen) atoms. The Hall–Kier alpha value is -1.20. The second-order valence-electron chi connectivity index (χ2n) is 3.72. The van der Waals surface area contributed by atoms with Crippen molar-refractivity contribution in [3.8, 4) is 5.75 Å². The van der Waals surface area contributed by atoms with Gasteiger partial charge >= 0.3 is 0 Å². The van der Waals surface area contributed by atoms with Crippen molar-refractivity contribution < 1.29 is 13.9 Å². The van der Waals surface area contributed by atoms with Gasteiger partial charge in [0, 0.05) is 25.7 Å². The molecule has 94 valence electrons. The van der Waals surface area contributed by atoms with Gasteiger partial charge < -0.3 is 15.2 Å². The molecule has 0 fully saturated rings. The van der Waals surface area contributed by atoms with Crippen molar-refractivity contribution in [1.29, 1.82) is 0 Å². The summed E-state index contributed by atoms with van der Waals surface area (Å²) in [5.41, 5.74) is 5.90. The van der Waals surface area contributed by atoms with E-state index in [1.54, 1.807) is 13.2 Å². The lowest BCUT2D eigenvalue weighted by atomic mass is 10.2. The molecule has 0 spiro atoms. The summed E-state index contributed by atoms with van der Waals surface area (Å²) in [5, 5.41) is 0. The van der Waals surface area contributed by atoms with Crippen LogP contribution in [0.5, 0.6) is 5.75 Å². The molecule has 1 aromatic rings. The van der Waals surface area contributed by atoms with Crippen molar-refractivity contribution in [2.45, 2.75) is 19.4 Å². The minimum absolute atomic E-state index is 0.111. The number of hydrogen-bond donors (Lipinski definition) is 1. The van der Waals surface area contributed by atoms with Gasteiger partial charge in [0.15, 0.2) is 11.6 Å². The van der Waals surface area contributed by atoms with Crippen LogP contribution in [-0.4, -0.2) is 24.8 Å². The van der Waals surface area contributed by atoms with Gasteiger partial charge in [-0.1, -0.05) is 12.2 Å². The third-order valence-corrected chi connectivity index (χ3v) is 2.51. The number of halogens is 1. The fraction of sp³-hybridized carbons (Fsp3) is 0.417. The maximum absolute atomic E-state index is 13.6. The highest BCUT2D eigenvalue weighted by molar-refractivity contribution is 7.80. The van der Waals surface area contributed by atoms with Gasteiger partial charge in [-0.05, 0) is 25.1 Å². The number of ether oxygens (including phenoxy) is 2. The van der Waals surface area contributed by atoms with Crippen LogP contribution in [0, 0.1) is 5.82 Å². The Morgan fingerprint density at radius 2 is 2.24 bits per heavy atom. The Morgan fingerprint density at radius 1 is 1.53 bits per heavy atom. The summed E-state index contributed by atoms with van der Waals surface area (Å²) in [6, 6.07) is 4.46. The molecule has 0 saturated heterocycles. The first-order valence-corrected chi connectivity index (χ1v) is 5.70. The van der Waals surface area contributed by atoms with E-state index in [9.17, 15) is 4.39 Å². The Labute approximate surface area is 106 Å². The summed E-state index contributed by atoms with van der Waals surface area (Å²) in [6.07, 6.45) is 0.590. The second kappa shape index (κ2) is 6.51. The lowest BCUT2D eigenvalue weighted by Crippen LogP contribution is -2.15. The molecule has 0 amide bonds. The van der Waals surface area contributed by atoms with Crippen LogP contribution in [0.1, 0.15) is 18.9 Å². The van der Waals surface area contributed by atoms with Gasteiger partial charge in [-0.2, -0.15) is 0 Å². The fourth-order valence-electron chi connectivity index (χ4n) is 1.31. The van der Waals surface area contributed by atoms with E-state index in [1.807, 2.05) is 6.92 Å². The van der Waals surface area contributed by atoms with E-state index < -0.39 is 5.82 Å². The molecule has 0 aliphatic rings. The first-order valence-electron chi connectivity index (χ1n) is 5.29. The van der Waals surface area contributed by atoms with Gasteiger partial charge in [0.1, 0.15) is 4.99 Å². The Morgan fingerprint density at radius 3 is 2.76 bits per heavy atom. The summed E-state index contributed by atoms with van der Waals surface area (Å²) in [5.74, 6) is -0.256. The van der Waals surface area contributed by atoms with Crippen molar-refractivity contribution in [3.05, 3.63) is 29.6 Å². The zero-order valence-electron chi connectivity index (χ0n) is 9.90. The maximum atomic E-state index is 13.6. The number of benzene rings is 1. The minimum atomic E-state index is -0.459. The zero-order valence-corrected chi connectivity index (χ0v) is 10.7. The molecule has 1 aromatic carbocycles. The largest absolute Gasteiger partial charge is 0.488 e. The standard InChI is InChI=1S/C12H16FNO2S/c1-8(5-6-15-2)16-11-4-3-9(12(14)17)7-10(11)13/h3-4,7-8H,5-6H2,1-2H3,(H2,14,17). The number of rotatable bonds is 6. The van der Waals surface area contributed by atoms with Crippen LogP contribution in [0.4, 0.5) is 4.39 Å². The summed E-state index contributed by atoms with van der Waals surface area (Å²) >= 11 is 4.76. The minimum Gasteiger partial charge on any atom is -0.488 e. The quantitative estimate of drug-likeness (QED) is 0.794. The average molecular weight is 257 g/mol. The molecule has 0 aliphatic heterocycles. The Bertz CT molecular complexity index is 398. The molecule has 0 radical (unpaired) electrons. The van der Waals surface area contributed by atoms with Gasteiger partial charge in [-0.3, -0.25) is 0 Å². The molecule has 5 heteroatoms. The van der Waals surface area contributed by atoms with Gasteiger partial charge in [0.05, 0.1) is 6.10 Å². The first kappa shape index (κ1) is 13.9. The van der Waals surface area contributed by atoms with Gasteiger partial charge in [-0.25, -0.2) is 4.39 Å². The molecule has 1 atom stereocenters. The normalized spacial score (nSPS) is 12.2. The van der Waals surface area contributed by atoms with Crippen LogP contribution < -0.4 is 10.5 Å². The van der Waals surface area contributed by atoms with E-state index >= 15 is 0 Å². The van der Waals surface area contributed by atoms with Gasteiger partial charge in [0.2, 0.25) is 0 Å². The third-order valence-electron chi connectivity index (χ3n) is 2.27. The summed E-state index contributed by atoms with van der Waals surface area (Å²) in [7, 11) is 1.62. The fourth-order valence-corrected chi connectivity index (χ4v) is 1.44. The molecule has 0 heterocycles. The van der Waals surface area contributed by atoms with Crippen molar-refractivity contribution in [2.75, 3.05) is 13.7 Å². The lowest BCUT2D eigenvalue weighted by Gasteiger charge is -2.15. The molecular weight excluding hydrogens is 241 g/mol. The molecule has 2 N–H and O–H groups in total. The SMILES string of the molecule is COCCC(C)Oc1ccc(C(N)=S)cc1F. The second-order valence-corrected chi connectivity index (χ2v) is 4.16. The monoisotopic (exact) mass is 257 g/mol. The highest BCUT2D eigenvalue weighted by atomic mass is 32.1. The smallest absolute Gasteiger partial charge is 0.165 e. The average Bonchev–Trinajstić information content (AvgIpc) is 2.28. The number of hydrogen-bond acceptors (Lipinski definition) is 3. The lowest BCUT2D eigenvalue weighted by molar-refractivity contribution is 0.132. The third kappa shape index (κ3) is 4.28. The Balaban J connectivity index is 2.69. The topological polar surface area (TPSA) is 44.5 Å². The van der Waals surface area contributed by atoms with Crippen LogP contribution >= 0.6 is 12.2 Å². The Kier molecular flexibility index (Phi) is 5.31. The summed E-state index contributed by atoms with van der Waals surface area (Å²) in [4.78, 5) is 0.169. The van der Waals surface area contributed by atoms with Crippen molar-refractivity contribution in [1.82, 2.24) is 0 Å².